The highest BCUT2D eigenvalue weighted by Gasteiger charge is 2.25. The van der Waals surface area contributed by atoms with Gasteiger partial charge < -0.3 is 18.6 Å². The van der Waals surface area contributed by atoms with E-state index >= 15 is 0 Å². The van der Waals surface area contributed by atoms with Crippen molar-refractivity contribution in [1.29, 1.82) is 0 Å². The second-order valence-electron chi connectivity index (χ2n) is 14.4. The molecule has 10 aromatic carbocycles. The minimum absolute atomic E-state index is 0.866. The van der Waals surface area contributed by atoms with Gasteiger partial charge in [0.2, 0.25) is 0 Å². The molecule has 0 aliphatic rings. The number of nitrogens with zero attached hydrogens (tertiary/aromatic N) is 2. The van der Waals surface area contributed by atoms with E-state index in [0.717, 1.165) is 78.0 Å². The molecule has 4 nitrogen and oxygen atoms in total. The van der Waals surface area contributed by atoms with Gasteiger partial charge in [0.1, 0.15) is 16.7 Å². The van der Waals surface area contributed by atoms with Crippen molar-refractivity contribution >= 4 is 110 Å². The first-order valence-corrected chi connectivity index (χ1v) is 19.0. The summed E-state index contributed by atoms with van der Waals surface area (Å²) >= 11 is 0. The summed E-state index contributed by atoms with van der Waals surface area (Å²) in [7, 11) is 0. The Morgan fingerprint density at radius 3 is 1.41 bits per heavy atom. The Labute approximate surface area is 322 Å². The molecule has 2 aromatic heterocycles. The molecular weight excluding hydrogens is 685 g/mol. The van der Waals surface area contributed by atoms with Gasteiger partial charge in [-0.15, -0.1) is 0 Å². The lowest BCUT2D eigenvalue weighted by Gasteiger charge is -2.29. The van der Waals surface area contributed by atoms with Crippen LogP contribution in [0.1, 0.15) is 0 Å². The van der Waals surface area contributed by atoms with E-state index in [2.05, 4.69) is 180 Å². The van der Waals surface area contributed by atoms with Gasteiger partial charge in [-0.1, -0.05) is 127 Å². The van der Waals surface area contributed by atoms with Gasteiger partial charge in [0.15, 0.2) is 5.58 Å². The number of furan rings is 2. The third-order valence-corrected chi connectivity index (χ3v) is 11.4. The van der Waals surface area contributed by atoms with Gasteiger partial charge >= 0.3 is 0 Å². The molecule has 4 heteroatoms. The van der Waals surface area contributed by atoms with Crippen molar-refractivity contribution in [2.45, 2.75) is 0 Å². The Bertz CT molecular complexity index is 3440. The normalized spacial score (nSPS) is 11.9. The largest absolute Gasteiger partial charge is 0.456 e. The molecule has 0 amide bonds. The number of hydrogen-bond donors (Lipinski definition) is 0. The van der Waals surface area contributed by atoms with E-state index in [-0.39, 0.29) is 0 Å². The zero-order valence-electron chi connectivity index (χ0n) is 30.2. The molecule has 0 bridgehead atoms. The van der Waals surface area contributed by atoms with Crippen LogP contribution in [-0.2, 0) is 0 Å². The smallest absolute Gasteiger partial charge is 0.159 e. The average molecular weight is 717 g/mol. The van der Waals surface area contributed by atoms with E-state index in [1.807, 2.05) is 24.3 Å². The maximum atomic E-state index is 6.66. The van der Waals surface area contributed by atoms with Crippen molar-refractivity contribution in [1.82, 2.24) is 0 Å². The minimum Gasteiger partial charge on any atom is -0.456 e. The molecule has 0 aliphatic carbocycles. The predicted octanol–water partition coefficient (Wildman–Crippen LogP) is 15.3. The molecule has 0 atom stereocenters. The lowest BCUT2D eigenvalue weighted by atomic mass is 9.91. The summed E-state index contributed by atoms with van der Waals surface area (Å²) < 4.78 is 13.1. The molecular formula is C52H32N2O2. The second-order valence-corrected chi connectivity index (χ2v) is 14.4. The van der Waals surface area contributed by atoms with Crippen LogP contribution >= 0.6 is 0 Å². The molecule has 12 rings (SSSR count). The predicted molar refractivity (Wildman–Crippen MR) is 234 cm³/mol. The number of fused-ring (bicyclic) bond motifs is 6. The average Bonchev–Trinajstić information content (AvgIpc) is 3.84. The Hall–Kier alpha value is -7.56. The molecule has 0 N–H and O–H groups in total. The van der Waals surface area contributed by atoms with Crippen molar-refractivity contribution in [3.8, 4) is 0 Å². The summed E-state index contributed by atoms with van der Waals surface area (Å²) in [4.78, 5) is 4.76. The first-order valence-electron chi connectivity index (χ1n) is 19.0. The fourth-order valence-electron chi connectivity index (χ4n) is 8.98. The lowest BCUT2D eigenvalue weighted by Crippen LogP contribution is -2.11. The van der Waals surface area contributed by atoms with Crippen LogP contribution in [0.4, 0.5) is 34.1 Å². The van der Waals surface area contributed by atoms with Crippen LogP contribution in [0.3, 0.4) is 0 Å². The summed E-state index contributed by atoms with van der Waals surface area (Å²) in [5.41, 5.74) is 9.90. The lowest BCUT2D eigenvalue weighted by molar-refractivity contribution is 0.668. The Morgan fingerprint density at radius 2 is 0.750 bits per heavy atom. The monoisotopic (exact) mass is 716 g/mol. The van der Waals surface area contributed by atoms with Crippen molar-refractivity contribution in [3.63, 3.8) is 0 Å². The first kappa shape index (κ1) is 30.9. The molecule has 56 heavy (non-hydrogen) atoms. The highest BCUT2D eigenvalue weighted by atomic mass is 16.3. The van der Waals surface area contributed by atoms with Gasteiger partial charge in [0.25, 0.3) is 0 Å². The van der Waals surface area contributed by atoms with Crippen molar-refractivity contribution in [2.24, 2.45) is 0 Å². The Morgan fingerprint density at radius 1 is 0.268 bits per heavy atom. The fraction of sp³-hybridized carbons (Fsp3) is 0. The van der Waals surface area contributed by atoms with Crippen LogP contribution in [0.15, 0.2) is 203 Å². The quantitative estimate of drug-likeness (QED) is 0.160. The molecule has 0 radical (unpaired) electrons. The minimum atomic E-state index is 0.866. The van der Waals surface area contributed by atoms with Crippen LogP contribution in [-0.4, -0.2) is 0 Å². The summed E-state index contributed by atoms with van der Waals surface area (Å²) in [6.07, 6.45) is 0. The van der Waals surface area contributed by atoms with Crippen LogP contribution < -0.4 is 9.80 Å². The summed E-state index contributed by atoms with van der Waals surface area (Å²) in [6, 6.07) is 69.0. The fourth-order valence-corrected chi connectivity index (χ4v) is 8.98. The molecule has 0 unspecified atom stereocenters. The van der Waals surface area contributed by atoms with Crippen LogP contribution in [0.2, 0.25) is 0 Å². The molecule has 0 saturated carbocycles. The summed E-state index contributed by atoms with van der Waals surface area (Å²) in [5, 5.41) is 11.6. The number of benzene rings is 10. The van der Waals surface area contributed by atoms with Gasteiger partial charge in [-0.05, 0) is 88.3 Å². The Balaban J connectivity index is 1.14. The van der Waals surface area contributed by atoms with Gasteiger partial charge in [0.05, 0.1) is 28.1 Å². The van der Waals surface area contributed by atoms with Gasteiger partial charge in [-0.2, -0.15) is 0 Å². The highest BCUT2D eigenvalue weighted by Crippen LogP contribution is 2.50. The number of anilines is 6. The maximum Gasteiger partial charge on any atom is 0.159 e. The number of hydrogen-bond acceptors (Lipinski definition) is 4. The van der Waals surface area contributed by atoms with E-state index in [9.17, 15) is 0 Å². The van der Waals surface area contributed by atoms with E-state index < -0.39 is 0 Å². The SMILES string of the molecule is c1ccc(N(c2ccc3ccc4c(N(c5ccccc5)c5cccc6oc7ccccc7c56)ccc5ccc2c3c54)c2cccc3c2oc2ccccc23)cc1. The third kappa shape index (κ3) is 4.47. The van der Waals surface area contributed by atoms with E-state index in [0.29, 0.717) is 0 Å². The maximum absolute atomic E-state index is 6.66. The van der Waals surface area contributed by atoms with Crippen molar-refractivity contribution in [2.75, 3.05) is 9.80 Å². The van der Waals surface area contributed by atoms with Crippen LogP contribution in [0, 0.1) is 0 Å². The topological polar surface area (TPSA) is 32.8 Å². The van der Waals surface area contributed by atoms with Crippen LogP contribution in [0.5, 0.6) is 0 Å². The summed E-state index contributed by atoms with van der Waals surface area (Å²) in [6.45, 7) is 0. The molecule has 0 spiro atoms. The third-order valence-electron chi connectivity index (χ3n) is 11.4. The number of rotatable bonds is 6. The zero-order valence-corrected chi connectivity index (χ0v) is 30.2. The molecule has 12 aromatic rings. The van der Waals surface area contributed by atoms with Gasteiger partial charge in [0, 0.05) is 38.3 Å². The summed E-state index contributed by atoms with van der Waals surface area (Å²) in [5.74, 6) is 0. The molecule has 2 heterocycles. The van der Waals surface area contributed by atoms with Gasteiger partial charge in [-0.3, -0.25) is 0 Å². The van der Waals surface area contributed by atoms with E-state index in [1.165, 1.54) is 32.3 Å². The molecule has 0 saturated heterocycles. The number of para-hydroxylation sites is 5. The van der Waals surface area contributed by atoms with E-state index in [1.54, 1.807) is 0 Å². The van der Waals surface area contributed by atoms with Gasteiger partial charge in [-0.25, -0.2) is 0 Å². The standard InChI is InChI=1S/C52H32N2O2/c1-3-13-35(14-4-1)53(44-20-12-24-48-51(44)41-18-8-10-23-47(41)55-48)42-31-27-33-26-30-40-43(32-28-34-25-29-39(42)49(33)50(34)40)54(36-15-5-2-6-16-36)45-21-11-19-38-37-17-7-9-22-46(37)56-52(38)45/h1-32H. The molecule has 0 aliphatic heterocycles. The Kier molecular flexibility index (Phi) is 6.60. The highest BCUT2D eigenvalue weighted by molar-refractivity contribution is 6.29. The van der Waals surface area contributed by atoms with Crippen molar-refractivity contribution < 1.29 is 8.83 Å². The molecule has 262 valence electrons. The second kappa shape index (κ2) is 12.0. The van der Waals surface area contributed by atoms with E-state index in [4.69, 9.17) is 8.83 Å². The molecule has 0 fully saturated rings. The first-order chi connectivity index (χ1) is 27.8. The zero-order chi connectivity index (χ0) is 36.7. The van der Waals surface area contributed by atoms with Crippen molar-refractivity contribution in [3.05, 3.63) is 194 Å². The van der Waals surface area contributed by atoms with Crippen LogP contribution in [0.25, 0.3) is 76.2 Å².